The smallest absolute Gasteiger partial charge is 0.0691 e. The summed E-state index contributed by atoms with van der Waals surface area (Å²) < 4.78 is 4.98. The Labute approximate surface area is 48.5 Å². The van der Waals surface area contributed by atoms with Crippen LogP contribution in [0.15, 0.2) is 12.2 Å². The maximum atomic E-state index is 4.98. The van der Waals surface area contributed by atoms with Crippen molar-refractivity contribution in [1.29, 1.82) is 0 Å². The van der Waals surface area contributed by atoms with E-state index in [1.54, 1.807) is 0 Å². The first kappa shape index (κ1) is 7.56. The van der Waals surface area contributed by atoms with Gasteiger partial charge in [0.15, 0.2) is 0 Å². The van der Waals surface area contributed by atoms with Crippen molar-refractivity contribution in [3.8, 4) is 0 Å². The molecule has 0 spiro atoms. The second-order valence-electron chi connectivity index (χ2n) is 0.998. The van der Waals surface area contributed by atoms with Crippen LogP contribution < -0.4 is 0 Å². The van der Waals surface area contributed by atoms with E-state index in [0.29, 0.717) is 8.50 Å². The molecular formula is C4H10OP2. The van der Waals surface area contributed by atoms with Crippen LogP contribution in [-0.4, -0.2) is 6.61 Å². The fourth-order valence-corrected chi connectivity index (χ4v) is 0.674. The fraction of sp³-hybridized carbons (Fsp3) is 0.500. The summed E-state index contributed by atoms with van der Waals surface area (Å²) in [6, 6.07) is 0. The van der Waals surface area contributed by atoms with E-state index in [1.807, 2.05) is 19.1 Å². The Kier molecular flexibility index (Phi) is 7.08. The molecule has 7 heavy (non-hydrogen) atoms. The van der Waals surface area contributed by atoms with Crippen LogP contribution in [0, 0.1) is 0 Å². The van der Waals surface area contributed by atoms with Gasteiger partial charge in [0.05, 0.1) is 6.61 Å². The highest BCUT2D eigenvalue weighted by Gasteiger charge is 1.70. The molecule has 0 aromatic heterocycles. The largest absolute Gasteiger partial charge is 0.354 e. The van der Waals surface area contributed by atoms with Gasteiger partial charge in [-0.3, -0.25) is 0 Å². The molecule has 0 heterocycles. The van der Waals surface area contributed by atoms with Crippen molar-refractivity contribution in [3.05, 3.63) is 12.2 Å². The molecule has 0 N–H and O–H groups in total. The van der Waals surface area contributed by atoms with Crippen molar-refractivity contribution >= 4 is 17.4 Å². The van der Waals surface area contributed by atoms with E-state index in [9.17, 15) is 0 Å². The third-order valence-electron chi connectivity index (χ3n) is 0.499. The average molecular weight is 136 g/mol. The zero-order valence-corrected chi connectivity index (χ0v) is 6.50. The van der Waals surface area contributed by atoms with Crippen LogP contribution >= 0.6 is 17.4 Å². The first-order valence-electron chi connectivity index (χ1n) is 2.10. The Balaban J connectivity index is 2.69. The molecule has 0 bridgehead atoms. The monoisotopic (exact) mass is 136 g/mol. The molecule has 42 valence electrons. The van der Waals surface area contributed by atoms with Crippen molar-refractivity contribution in [3.63, 3.8) is 0 Å². The Morgan fingerprint density at radius 3 is 3.00 bits per heavy atom. The Hall–Kier alpha value is 0.560. The summed E-state index contributed by atoms with van der Waals surface area (Å²) in [5, 5.41) is 0. The highest BCUT2D eigenvalue weighted by Crippen LogP contribution is 2.20. The number of rotatable bonds is 3. The van der Waals surface area contributed by atoms with E-state index in [4.69, 9.17) is 4.52 Å². The summed E-state index contributed by atoms with van der Waals surface area (Å²) in [6.07, 6.45) is 3.96. The highest BCUT2D eigenvalue weighted by atomic mass is 32.0. The normalized spacial score (nSPS) is 12.3. The number of hydrogen-bond acceptors (Lipinski definition) is 1. The second-order valence-corrected chi connectivity index (χ2v) is 2.23. The van der Waals surface area contributed by atoms with Crippen LogP contribution in [0.5, 0.6) is 0 Å². The standard InChI is InChI=1S/C4H10OP2/c1-2-3-4-5-7-6/h2-3,7H,4,6H2,1H3. The minimum atomic E-state index is 0.533. The van der Waals surface area contributed by atoms with Gasteiger partial charge in [-0.2, -0.15) is 0 Å². The van der Waals surface area contributed by atoms with Crippen molar-refractivity contribution in [2.24, 2.45) is 0 Å². The molecule has 0 aromatic carbocycles. The van der Waals surface area contributed by atoms with Gasteiger partial charge in [0.2, 0.25) is 0 Å². The summed E-state index contributed by atoms with van der Waals surface area (Å²) >= 11 is 0. The molecule has 0 amide bonds. The van der Waals surface area contributed by atoms with Crippen LogP contribution in [0.2, 0.25) is 0 Å². The highest BCUT2D eigenvalue weighted by molar-refractivity contribution is 8.00. The summed E-state index contributed by atoms with van der Waals surface area (Å²) in [5.74, 6) is 0. The van der Waals surface area contributed by atoms with Crippen molar-refractivity contribution < 1.29 is 4.52 Å². The molecule has 3 heteroatoms. The number of allylic oxidation sites excluding steroid dienone is 1. The van der Waals surface area contributed by atoms with Crippen LogP contribution in [0.3, 0.4) is 0 Å². The molecular weight excluding hydrogens is 126 g/mol. The lowest BCUT2D eigenvalue weighted by Crippen LogP contribution is -1.71. The predicted molar refractivity (Wildman–Crippen MR) is 38.8 cm³/mol. The minimum Gasteiger partial charge on any atom is -0.354 e. The molecule has 1 nitrogen and oxygen atoms in total. The van der Waals surface area contributed by atoms with E-state index in [1.165, 1.54) is 0 Å². The van der Waals surface area contributed by atoms with Gasteiger partial charge in [-0.05, 0) is 6.92 Å². The molecule has 0 aliphatic carbocycles. The topological polar surface area (TPSA) is 9.23 Å². The first-order chi connectivity index (χ1) is 3.41. The van der Waals surface area contributed by atoms with Gasteiger partial charge in [0.1, 0.15) is 0 Å². The Morgan fingerprint density at radius 2 is 2.57 bits per heavy atom. The van der Waals surface area contributed by atoms with E-state index in [0.717, 1.165) is 6.61 Å². The maximum Gasteiger partial charge on any atom is 0.0691 e. The third kappa shape index (κ3) is 6.56. The molecule has 0 aromatic rings. The third-order valence-corrected chi connectivity index (χ3v) is 1.33. The van der Waals surface area contributed by atoms with E-state index >= 15 is 0 Å². The van der Waals surface area contributed by atoms with Crippen LogP contribution in [0.4, 0.5) is 0 Å². The fourth-order valence-electron chi connectivity index (χ4n) is 0.192. The van der Waals surface area contributed by atoms with Crippen molar-refractivity contribution in [1.82, 2.24) is 0 Å². The van der Waals surface area contributed by atoms with Crippen molar-refractivity contribution in [2.75, 3.05) is 6.61 Å². The van der Waals surface area contributed by atoms with Gasteiger partial charge in [0, 0.05) is 8.50 Å². The molecule has 2 unspecified atom stereocenters. The zero-order chi connectivity index (χ0) is 5.54. The second kappa shape index (κ2) is 6.56. The van der Waals surface area contributed by atoms with Gasteiger partial charge >= 0.3 is 0 Å². The average Bonchev–Trinajstić information content (AvgIpc) is 1.69. The van der Waals surface area contributed by atoms with Gasteiger partial charge < -0.3 is 4.52 Å². The van der Waals surface area contributed by atoms with E-state index < -0.39 is 0 Å². The molecule has 0 fully saturated rings. The molecule has 0 saturated carbocycles. The molecule has 0 radical (unpaired) electrons. The summed E-state index contributed by atoms with van der Waals surface area (Å²) in [4.78, 5) is 0. The summed E-state index contributed by atoms with van der Waals surface area (Å²) in [7, 11) is 3.05. The first-order valence-corrected chi connectivity index (χ1v) is 4.82. The van der Waals surface area contributed by atoms with Crippen LogP contribution in [-0.2, 0) is 4.52 Å². The van der Waals surface area contributed by atoms with Crippen LogP contribution in [0.25, 0.3) is 0 Å². The molecule has 2 atom stereocenters. The minimum absolute atomic E-state index is 0.533. The molecule has 0 rings (SSSR count). The van der Waals surface area contributed by atoms with Gasteiger partial charge in [0.25, 0.3) is 0 Å². The van der Waals surface area contributed by atoms with Crippen molar-refractivity contribution in [2.45, 2.75) is 6.92 Å². The lowest BCUT2D eigenvalue weighted by Gasteiger charge is -1.89. The van der Waals surface area contributed by atoms with E-state index in [-0.39, 0.29) is 0 Å². The SMILES string of the molecule is CC=CCOPP. The van der Waals surface area contributed by atoms with E-state index in [2.05, 4.69) is 8.93 Å². The zero-order valence-electron chi connectivity index (χ0n) is 4.35. The Bertz CT molecular complexity index is 53.7. The van der Waals surface area contributed by atoms with Gasteiger partial charge in [-0.15, -0.1) is 0 Å². The lowest BCUT2D eigenvalue weighted by molar-refractivity contribution is 0.424. The molecule has 0 aliphatic heterocycles. The predicted octanol–water partition coefficient (Wildman–Crippen LogP) is 1.96. The number of hydrogen-bond donors (Lipinski definition) is 0. The quantitative estimate of drug-likeness (QED) is 0.327. The maximum absolute atomic E-state index is 4.98. The summed E-state index contributed by atoms with van der Waals surface area (Å²) in [5.41, 5.74) is 0. The summed E-state index contributed by atoms with van der Waals surface area (Å²) in [6.45, 7) is 2.73. The van der Waals surface area contributed by atoms with Crippen LogP contribution in [0.1, 0.15) is 6.92 Å². The molecule has 0 aliphatic rings. The molecule has 0 saturated heterocycles. The lowest BCUT2D eigenvalue weighted by atomic mass is 10.6. The van der Waals surface area contributed by atoms with Gasteiger partial charge in [-0.25, -0.2) is 0 Å². The van der Waals surface area contributed by atoms with Gasteiger partial charge in [-0.1, -0.05) is 21.1 Å². The Morgan fingerprint density at radius 1 is 1.86 bits per heavy atom.